The van der Waals surface area contributed by atoms with Crippen molar-refractivity contribution in [3.63, 3.8) is 0 Å². The molecular weight excluding hydrogens is 346 g/mol. The zero-order valence-corrected chi connectivity index (χ0v) is 16.2. The average Bonchev–Trinajstić information content (AvgIpc) is 3.34. The minimum Gasteiger partial charge on any atom is -0.396 e. The lowest BCUT2D eigenvalue weighted by Gasteiger charge is -2.22. The third-order valence-corrected chi connectivity index (χ3v) is 4.74. The highest BCUT2D eigenvalue weighted by molar-refractivity contribution is 6.21. The number of epoxide rings is 1. The van der Waals surface area contributed by atoms with E-state index in [0.29, 0.717) is 5.57 Å². The molecule has 0 aromatic carbocycles. The van der Waals surface area contributed by atoms with E-state index in [4.69, 9.17) is 9.84 Å². The molecule has 0 spiro atoms. The molecule has 146 valence electrons. The highest BCUT2D eigenvalue weighted by atomic mass is 16.6. The number of hydrogen-bond acceptors (Lipinski definition) is 5. The number of carbonyl (C=O) groups is 2. The molecule has 0 radical (unpaired) electrons. The van der Waals surface area contributed by atoms with E-state index in [1.165, 1.54) is 5.57 Å². The molecule has 2 saturated heterocycles. The molecule has 6 nitrogen and oxygen atoms in total. The van der Waals surface area contributed by atoms with Gasteiger partial charge in [-0.2, -0.15) is 0 Å². The molecule has 0 aliphatic carbocycles. The quantitative estimate of drug-likeness (QED) is 0.261. The summed E-state index contributed by atoms with van der Waals surface area (Å²) in [5, 5.41) is 21.7. The van der Waals surface area contributed by atoms with Crippen LogP contribution in [0.25, 0.3) is 0 Å². The number of ether oxygens (including phenoxy) is 1. The standard InChI is InChI=1S/C21H27NO5/c1-5-14(2)13-15(3)9-7-6-8-10-16(4)17(24)21-18(27-21)20(26,11-12-23)22-19(21)25/h5-10,13,18,23,26H,11-12H2,1-4H3,(H,22,25)/b8-6+,9-7+,14-5-,15-13+,16-10+. The number of fused-ring (bicyclic) bond motifs is 1. The maximum Gasteiger partial charge on any atom is 0.265 e. The number of ketones is 1. The fourth-order valence-electron chi connectivity index (χ4n) is 3.08. The van der Waals surface area contributed by atoms with E-state index in [-0.39, 0.29) is 13.0 Å². The minimum atomic E-state index is -1.70. The first kappa shape index (κ1) is 21.0. The van der Waals surface area contributed by atoms with Crippen molar-refractivity contribution in [2.75, 3.05) is 6.61 Å². The van der Waals surface area contributed by atoms with E-state index < -0.39 is 29.1 Å². The Balaban J connectivity index is 2.02. The van der Waals surface area contributed by atoms with Crippen LogP contribution in [0.1, 0.15) is 34.1 Å². The van der Waals surface area contributed by atoms with E-state index in [2.05, 4.69) is 11.4 Å². The van der Waals surface area contributed by atoms with Crippen LogP contribution in [0, 0.1) is 0 Å². The number of nitrogens with one attached hydrogen (secondary N) is 1. The van der Waals surface area contributed by atoms with Gasteiger partial charge in [-0.15, -0.1) is 0 Å². The molecule has 3 atom stereocenters. The lowest BCUT2D eigenvalue weighted by atomic mass is 9.92. The van der Waals surface area contributed by atoms with E-state index in [0.717, 1.165) is 5.57 Å². The smallest absolute Gasteiger partial charge is 0.265 e. The number of aliphatic hydroxyl groups excluding tert-OH is 1. The Bertz CT molecular complexity index is 773. The monoisotopic (exact) mass is 373 g/mol. The van der Waals surface area contributed by atoms with Gasteiger partial charge < -0.3 is 20.3 Å². The van der Waals surface area contributed by atoms with Crippen molar-refractivity contribution in [1.29, 1.82) is 0 Å². The molecule has 2 heterocycles. The van der Waals surface area contributed by atoms with Crippen LogP contribution in [-0.2, 0) is 14.3 Å². The molecule has 0 saturated carbocycles. The molecular formula is C21H27NO5. The highest BCUT2D eigenvalue weighted by Gasteiger charge is 2.80. The normalized spacial score (nSPS) is 31.6. The van der Waals surface area contributed by atoms with Gasteiger partial charge in [0, 0.05) is 13.0 Å². The lowest BCUT2D eigenvalue weighted by Crippen LogP contribution is -2.48. The van der Waals surface area contributed by atoms with Crippen LogP contribution in [0.4, 0.5) is 0 Å². The van der Waals surface area contributed by atoms with Crippen LogP contribution in [0.2, 0.25) is 0 Å². The van der Waals surface area contributed by atoms with Gasteiger partial charge in [0.05, 0.1) is 0 Å². The summed E-state index contributed by atoms with van der Waals surface area (Å²) in [6.07, 6.45) is 11.9. The third kappa shape index (κ3) is 4.18. The average molecular weight is 373 g/mol. The van der Waals surface area contributed by atoms with Crippen molar-refractivity contribution < 1.29 is 24.5 Å². The molecule has 2 fully saturated rings. The third-order valence-electron chi connectivity index (χ3n) is 4.74. The van der Waals surface area contributed by atoms with Crippen molar-refractivity contribution in [3.8, 4) is 0 Å². The number of Topliss-reactive ketones (excluding diaryl/α,β-unsaturated/α-hetero) is 1. The van der Waals surface area contributed by atoms with Crippen LogP contribution < -0.4 is 5.32 Å². The van der Waals surface area contributed by atoms with E-state index in [1.807, 2.05) is 39.0 Å². The predicted molar refractivity (Wildman–Crippen MR) is 103 cm³/mol. The number of carbonyl (C=O) groups excluding carboxylic acids is 2. The van der Waals surface area contributed by atoms with E-state index in [9.17, 15) is 14.7 Å². The molecule has 2 aliphatic heterocycles. The first-order valence-corrected chi connectivity index (χ1v) is 8.92. The Morgan fingerprint density at radius 3 is 2.52 bits per heavy atom. The molecule has 3 unspecified atom stereocenters. The van der Waals surface area contributed by atoms with Crippen molar-refractivity contribution in [2.24, 2.45) is 0 Å². The van der Waals surface area contributed by atoms with Gasteiger partial charge >= 0.3 is 0 Å². The number of rotatable bonds is 8. The highest BCUT2D eigenvalue weighted by Crippen LogP contribution is 2.50. The SMILES string of the molecule is C\C=C(C)/C=C(C)/C=C/C=C/C=C(\C)C(=O)C12OC1C(O)(CCO)NC2=O. The zero-order chi connectivity index (χ0) is 20.2. The van der Waals surface area contributed by atoms with Crippen molar-refractivity contribution >= 4 is 11.7 Å². The van der Waals surface area contributed by atoms with Crippen LogP contribution in [0.15, 0.2) is 59.3 Å². The molecule has 27 heavy (non-hydrogen) atoms. The number of allylic oxidation sites excluding steroid dienone is 9. The van der Waals surface area contributed by atoms with Crippen molar-refractivity contribution in [2.45, 2.75) is 51.5 Å². The molecule has 0 aromatic heterocycles. The Morgan fingerprint density at radius 2 is 1.93 bits per heavy atom. The fourth-order valence-corrected chi connectivity index (χ4v) is 3.08. The van der Waals surface area contributed by atoms with Crippen LogP contribution in [0.3, 0.4) is 0 Å². The molecule has 6 heteroatoms. The first-order chi connectivity index (χ1) is 12.7. The van der Waals surface area contributed by atoms with Gasteiger partial charge in [-0.25, -0.2) is 0 Å². The molecule has 0 aromatic rings. The second-order valence-corrected chi connectivity index (χ2v) is 6.93. The lowest BCUT2D eigenvalue weighted by molar-refractivity contribution is -0.138. The zero-order valence-electron chi connectivity index (χ0n) is 16.2. The largest absolute Gasteiger partial charge is 0.396 e. The Morgan fingerprint density at radius 1 is 1.22 bits per heavy atom. The van der Waals surface area contributed by atoms with Crippen LogP contribution >= 0.6 is 0 Å². The van der Waals surface area contributed by atoms with Gasteiger partial charge in [0.1, 0.15) is 0 Å². The summed E-state index contributed by atoms with van der Waals surface area (Å²) < 4.78 is 5.30. The summed E-state index contributed by atoms with van der Waals surface area (Å²) in [6, 6.07) is 0. The maximum atomic E-state index is 12.6. The van der Waals surface area contributed by atoms with Gasteiger partial charge in [0.15, 0.2) is 11.8 Å². The van der Waals surface area contributed by atoms with E-state index in [1.54, 1.807) is 25.2 Å². The van der Waals surface area contributed by atoms with Gasteiger partial charge in [-0.3, -0.25) is 9.59 Å². The molecule has 2 aliphatic rings. The van der Waals surface area contributed by atoms with Gasteiger partial charge in [0.25, 0.3) is 5.91 Å². The number of morpholine rings is 1. The van der Waals surface area contributed by atoms with Gasteiger partial charge in [-0.1, -0.05) is 53.7 Å². The summed E-state index contributed by atoms with van der Waals surface area (Å²) in [5.74, 6) is -1.14. The molecule has 2 rings (SSSR count). The summed E-state index contributed by atoms with van der Waals surface area (Å²) in [7, 11) is 0. The molecule has 0 bridgehead atoms. The van der Waals surface area contributed by atoms with Crippen LogP contribution in [-0.4, -0.2) is 45.9 Å². The van der Waals surface area contributed by atoms with Crippen LogP contribution in [0.5, 0.6) is 0 Å². The summed E-state index contributed by atoms with van der Waals surface area (Å²) in [5.41, 5.74) is -0.738. The Kier molecular flexibility index (Phi) is 6.36. The Hall–Kier alpha value is -2.28. The topological polar surface area (TPSA) is 99.2 Å². The van der Waals surface area contributed by atoms with Gasteiger partial charge in [0.2, 0.25) is 11.4 Å². The second-order valence-electron chi connectivity index (χ2n) is 6.93. The summed E-state index contributed by atoms with van der Waals surface area (Å²) in [4.78, 5) is 24.8. The predicted octanol–water partition coefficient (Wildman–Crippen LogP) is 1.87. The van der Waals surface area contributed by atoms with Crippen molar-refractivity contribution in [1.82, 2.24) is 5.32 Å². The second kappa shape index (κ2) is 8.17. The van der Waals surface area contributed by atoms with E-state index >= 15 is 0 Å². The molecule has 1 amide bonds. The summed E-state index contributed by atoms with van der Waals surface area (Å²) >= 11 is 0. The minimum absolute atomic E-state index is 0.0918. The van der Waals surface area contributed by atoms with Gasteiger partial charge in [-0.05, 0) is 33.3 Å². The fraction of sp³-hybridized carbons (Fsp3) is 0.429. The maximum absolute atomic E-state index is 12.6. The molecule has 3 N–H and O–H groups in total. The first-order valence-electron chi connectivity index (χ1n) is 8.92. The Labute approximate surface area is 159 Å². The number of hydrogen-bond donors (Lipinski definition) is 3. The van der Waals surface area contributed by atoms with Crippen molar-refractivity contribution in [3.05, 3.63) is 59.3 Å². The summed E-state index contributed by atoms with van der Waals surface area (Å²) in [6.45, 7) is 7.28. The number of aliphatic hydroxyl groups is 2. The number of amides is 1.